The first-order chi connectivity index (χ1) is 13.0. The first-order valence-electron chi connectivity index (χ1n) is 9.88. The van der Waals surface area contributed by atoms with E-state index in [1.165, 1.54) is 11.3 Å². The Kier molecular flexibility index (Phi) is 6.52. The maximum atomic E-state index is 12.9. The van der Waals surface area contributed by atoms with Crippen molar-refractivity contribution in [2.45, 2.75) is 64.7 Å². The van der Waals surface area contributed by atoms with Crippen LogP contribution in [0.5, 0.6) is 0 Å². The highest BCUT2D eigenvalue weighted by atomic mass is 32.1. The van der Waals surface area contributed by atoms with Crippen LogP contribution < -0.4 is 5.32 Å². The minimum absolute atomic E-state index is 0.287. The van der Waals surface area contributed by atoms with E-state index in [9.17, 15) is 19.5 Å². The molecule has 2 aliphatic rings. The summed E-state index contributed by atoms with van der Waals surface area (Å²) >= 11 is 1.45. The van der Waals surface area contributed by atoms with Crippen LogP contribution in [0.2, 0.25) is 0 Å². The summed E-state index contributed by atoms with van der Waals surface area (Å²) in [5.74, 6) is -2.78. The van der Waals surface area contributed by atoms with Crippen molar-refractivity contribution < 1.29 is 24.2 Å². The van der Waals surface area contributed by atoms with Crippen LogP contribution in [0, 0.1) is 11.8 Å². The van der Waals surface area contributed by atoms with E-state index in [-0.39, 0.29) is 11.9 Å². The molecule has 0 spiro atoms. The van der Waals surface area contributed by atoms with E-state index >= 15 is 0 Å². The van der Waals surface area contributed by atoms with E-state index in [1.807, 2.05) is 6.92 Å². The van der Waals surface area contributed by atoms with Gasteiger partial charge in [0.05, 0.1) is 24.0 Å². The smallest absolute Gasteiger partial charge is 0.341 e. The summed E-state index contributed by atoms with van der Waals surface area (Å²) in [7, 11) is 0. The number of carbonyl (C=O) groups excluding carboxylic acids is 2. The largest absolute Gasteiger partial charge is 0.481 e. The molecule has 1 aromatic rings. The Labute approximate surface area is 163 Å². The molecule has 0 bridgehead atoms. The van der Waals surface area contributed by atoms with Crippen molar-refractivity contribution in [1.29, 1.82) is 0 Å². The van der Waals surface area contributed by atoms with Gasteiger partial charge in [0.15, 0.2) is 0 Å². The Balaban J connectivity index is 1.85. The second-order valence-corrected chi connectivity index (χ2v) is 8.48. The summed E-state index contributed by atoms with van der Waals surface area (Å²) in [5, 5.41) is 12.9. The van der Waals surface area contributed by atoms with Gasteiger partial charge in [-0.2, -0.15) is 0 Å². The molecule has 0 aromatic carbocycles. The van der Waals surface area contributed by atoms with Crippen LogP contribution in [0.25, 0.3) is 0 Å². The fourth-order valence-corrected chi connectivity index (χ4v) is 5.36. The number of fused-ring (bicyclic) bond motifs is 1. The molecule has 1 amide bonds. The van der Waals surface area contributed by atoms with Crippen LogP contribution >= 0.6 is 11.3 Å². The third-order valence-corrected chi connectivity index (χ3v) is 6.68. The first-order valence-corrected chi connectivity index (χ1v) is 10.7. The van der Waals surface area contributed by atoms with E-state index in [1.54, 1.807) is 0 Å². The van der Waals surface area contributed by atoms with Gasteiger partial charge < -0.3 is 15.2 Å². The fraction of sp³-hybridized carbons (Fsp3) is 0.650. The number of hydrogen-bond donors (Lipinski definition) is 2. The summed E-state index contributed by atoms with van der Waals surface area (Å²) in [5.41, 5.74) is 1.49. The molecule has 1 aromatic heterocycles. The van der Waals surface area contributed by atoms with Gasteiger partial charge in [0.2, 0.25) is 5.91 Å². The molecule has 1 fully saturated rings. The van der Waals surface area contributed by atoms with E-state index in [0.717, 1.165) is 55.4 Å². The molecule has 2 aliphatic carbocycles. The predicted octanol–water partition coefficient (Wildman–Crippen LogP) is 4.02. The maximum absolute atomic E-state index is 12.9. The second-order valence-electron chi connectivity index (χ2n) is 7.38. The number of nitrogens with one attached hydrogen (secondary N) is 1. The van der Waals surface area contributed by atoms with Crippen molar-refractivity contribution in [3.63, 3.8) is 0 Å². The second kappa shape index (κ2) is 8.87. The molecule has 27 heavy (non-hydrogen) atoms. The molecule has 3 rings (SSSR count). The topological polar surface area (TPSA) is 92.7 Å². The van der Waals surface area contributed by atoms with Crippen LogP contribution in [-0.4, -0.2) is 29.6 Å². The van der Waals surface area contributed by atoms with Gasteiger partial charge >= 0.3 is 11.9 Å². The van der Waals surface area contributed by atoms with Gasteiger partial charge in [-0.15, -0.1) is 11.3 Å². The number of rotatable bonds is 6. The van der Waals surface area contributed by atoms with Crippen LogP contribution in [0.1, 0.15) is 72.7 Å². The zero-order valence-corrected chi connectivity index (χ0v) is 16.5. The third-order valence-electron chi connectivity index (χ3n) is 5.47. The molecule has 0 saturated heterocycles. The summed E-state index contributed by atoms with van der Waals surface area (Å²) in [6.07, 6.45) is 7.36. The lowest BCUT2D eigenvalue weighted by Crippen LogP contribution is -2.36. The van der Waals surface area contributed by atoms with Gasteiger partial charge in [-0.3, -0.25) is 9.59 Å². The van der Waals surface area contributed by atoms with Gasteiger partial charge in [0.1, 0.15) is 5.00 Å². The molecule has 7 heteroatoms. The molecule has 0 radical (unpaired) electrons. The number of aryl methyl sites for hydroxylation is 1. The number of ether oxygens (including phenoxy) is 1. The van der Waals surface area contributed by atoms with Crippen LogP contribution in [0.15, 0.2) is 0 Å². The molecule has 6 nitrogen and oxygen atoms in total. The summed E-state index contributed by atoms with van der Waals surface area (Å²) in [6, 6.07) is 0. The Morgan fingerprint density at radius 2 is 1.81 bits per heavy atom. The average Bonchev–Trinajstić information content (AvgIpc) is 3.03. The van der Waals surface area contributed by atoms with E-state index in [0.29, 0.717) is 30.0 Å². The molecule has 0 aliphatic heterocycles. The molecule has 148 valence electrons. The summed E-state index contributed by atoms with van der Waals surface area (Å²) in [6.45, 7) is 2.29. The highest BCUT2D eigenvalue weighted by molar-refractivity contribution is 7.17. The molecule has 1 saturated carbocycles. The fourth-order valence-electron chi connectivity index (χ4n) is 4.08. The lowest BCUT2D eigenvalue weighted by Gasteiger charge is -2.27. The lowest BCUT2D eigenvalue weighted by atomic mass is 9.78. The van der Waals surface area contributed by atoms with Crippen molar-refractivity contribution in [2.24, 2.45) is 11.8 Å². The van der Waals surface area contributed by atoms with Crippen LogP contribution in [0.4, 0.5) is 5.00 Å². The number of thiophene rings is 1. The highest BCUT2D eigenvalue weighted by Crippen LogP contribution is 2.40. The van der Waals surface area contributed by atoms with E-state index < -0.39 is 17.8 Å². The quantitative estimate of drug-likeness (QED) is 0.712. The molecule has 2 atom stereocenters. The SMILES string of the molecule is CCCOC(=O)c1c(NC(=O)[C@H]2CCCC[C@@H]2C(=O)O)sc2c1CCCC2. The van der Waals surface area contributed by atoms with Gasteiger partial charge in [-0.25, -0.2) is 4.79 Å². The van der Waals surface area contributed by atoms with Crippen molar-refractivity contribution in [3.05, 3.63) is 16.0 Å². The monoisotopic (exact) mass is 393 g/mol. The number of carbonyl (C=O) groups is 3. The Hall–Kier alpha value is -1.89. The van der Waals surface area contributed by atoms with Crippen molar-refractivity contribution in [2.75, 3.05) is 11.9 Å². The van der Waals surface area contributed by atoms with Crippen LogP contribution in [-0.2, 0) is 27.2 Å². The number of aliphatic carboxylic acids is 1. The van der Waals surface area contributed by atoms with Crippen LogP contribution in [0.3, 0.4) is 0 Å². The number of anilines is 1. The summed E-state index contributed by atoms with van der Waals surface area (Å²) in [4.78, 5) is 38.2. The third kappa shape index (κ3) is 4.34. The standard InChI is InChI=1S/C20H27NO5S/c1-2-11-26-20(25)16-14-9-5-6-10-15(14)27-18(16)21-17(22)12-7-3-4-8-13(12)19(23)24/h12-13H,2-11H2,1H3,(H,21,22)(H,23,24)/t12-,13-/m0/s1. The average molecular weight is 394 g/mol. The van der Waals surface area contributed by atoms with Gasteiger partial charge in [-0.1, -0.05) is 19.8 Å². The maximum Gasteiger partial charge on any atom is 0.341 e. The normalized spacial score (nSPS) is 22.0. The zero-order valence-electron chi connectivity index (χ0n) is 15.7. The van der Waals surface area contributed by atoms with E-state index in [4.69, 9.17) is 4.74 Å². The first kappa shape index (κ1) is 19.9. The Morgan fingerprint density at radius 3 is 2.52 bits per heavy atom. The Morgan fingerprint density at radius 1 is 1.11 bits per heavy atom. The number of amides is 1. The molecular formula is C20H27NO5S. The zero-order chi connectivity index (χ0) is 19.4. The Bertz CT molecular complexity index is 726. The minimum atomic E-state index is -0.914. The number of hydrogen-bond acceptors (Lipinski definition) is 5. The number of carboxylic acids is 1. The van der Waals surface area contributed by atoms with Crippen molar-refractivity contribution in [3.8, 4) is 0 Å². The van der Waals surface area contributed by atoms with Gasteiger partial charge in [-0.05, 0) is 50.5 Å². The summed E-state index contributed by atoms with van der Waals surface area (Å²) < 4.78 is 5.35. The molecular weight excluding hydrogens is 366 g/mol. The van der Waals surface area contributed by atoms with Gasteiger partial charge in [0, 0.05) is 4.88 Å². The molecule has 1 heterocycles. The molecule has 0 unspecified atom stereocenters. The minimum Gasteiger partial charge on any atom is -0.481 e. The van der Waals surface area contributed by atoms with E-state index in [2.05, 4.69) is 5.32 Å². The lowest BCUT2D eigenvalue weighted by molar-refractivity contribution is -0.147. The number of esters is 1. The molecule has 2 N–H and O–H groups in total. The number of carboxylic acid groups (broad SMARTS) is 1. The van der Waals surface area contributed by atoms with Crippen molar-refractivity contribution in [1.82, 2.24) is 0 Å². The predicted molar refractivity (Wildman–Crippen MR) is 103 cm³/mol. The highest BCUT2D eigenvalue weighted by Gasteiger charge is 2.37. The van der Waals surface area contributed by atoms with Gasteiger partial charge in [0.25, 0.3) is 0 Å². The van der Waals surface area contributed by atoms with Crippen molar-refractivity contribution >= 4 is 34.2 Å².